The maximum absolute atomic E-state index is 12.5. The second-order valence-electron chi connectivity index (χ2n) is 4.83. The highest BCUT2D eigenvalue weighted by molar-refractivity contribution is 7.91. The molecule has 1 amide bonds. The Labute approximate surface area is 122 Å². The number of carbonyl (C=O) groups is 1. The molecular formula is C12H18N2O4S2. The average molecular weight is 318 g/mol. The van der Waals surface area contributed by atoms with Crippen molar-refractivity contribution >= 4 is 27.3 Å². The number of nitrogens with zero attached hydrogens (tertiary/aromatic N) is 1. The number of methoxy groups -OCH3 is 1. The van der Waals surface area contributed by atoms with Crippen molar-refractivity contribution in [3.05, 3.63) is 16.5 Å². The van der Waals surface area contributed by atoms with Crippen molar-refractivity contribution < 1.29 is 17.9 Å². The summed E-state index contributed by atoms with van der Waals surface area (Å²) in [6, 6.07) is 0.245. The fraction of sp³-hybridized carbons (Fsp3) is 0.583. The molecule has 1 aliphatic rings. The summed E-state index contributed by atoms with van der Waals surface area (Å²) < 4.78 is 27.9. The molecule has 112 valence electrons. The van der Waals surface area contributed by atoms with Gasteiger partial charge in [-0.2, -0.15) is 0 Å². The van der Waals surface area contributed by atoms with Crippen molar-refractivity contribution in [2.45, 2.75) is 30.0 Å². The number of sulfonamides is 1. The first-order chi connectivity index (χ1) is 9.36. The van der Waals surface area contributed by atoms with Crippen molar-refractivity contribution in [3.8, 4) is 0 Å². The summed E-state index contributed by atoms with van der Waals surface area (Å²) in [4.78, 5) is 14.3. The summed E-state index contributed by atoms with van der Waals surface area (Å²) in [6.45, 7) is 2.60. The molecule has 0 atom stereocenters. The van der Waals surface area contributed by atoms with Crippen LogP contribution in [0.5, 0.6) is 0 Å². The summed E-state index contributed by atoms with van der Waals surface area (Å²) in [5.41, 5.74) is 0.854. The molecule has 1 aromatic rings. The van der Waals surface area contributed by atoms with Crippen molar-refractivity contribution in [2.24, 2.45) is 5.14 Å². The fourth-order valence-corrected chi connectivity index (χ4v) is 4.08. The molecule has 0 aromatic carbocycles. The first-order valence-corrected chi connectivity index (χ1v) is 8.69. The number of primary sulfonamides is 1. The van der Waals surface area contributed by atoms with Crippen LogP contribution in [0.25, 0.3) is 0 Å². The highest BCUT2D eigenvalue weighted by atomic mass is 32.2. The number of hydrogen-bond acceptors (Lipinski definition) is 5. The van der Waals surface area contributed by atoms with Gasteiger partial charge in [0.15, 0.2) is 0 Å². The van der Waals surface area contributed by atoms with E-state index in [0.29, 0.717) is 24.3 Å². The number of rotatable bonds is 6. The standard InChI is InChI=1S/C12H18N2O4S2/c1-8-10(7-19-12(8)20(13,16)17)11(15)14(5-6-18-2)9-3-4-9/h7,9H,3-6H2,1-2H3,(H2,13,16,17). The summed E-state index contributed by atoms with van der Waals surface area (Å²) in [5.74, 6) is -0.145. The van der Waals surface area contributed by atoms with Gasteiger partial charge in [0.1, 0.15) is 4.21 Å². The van der Waals surface area contributed by atoms with Gasteiger partial charge in [0.25, 0.3) is 5.91 Å². The fourth-order valence-electron chi connectivity index (χ4n) is 2.07. The van der Waals surface area contributed by atoms with Crippen LogP contribution >= 0.6 is 11.3 Å². The molecule has 0 unspecified atom stereocenters. The molecule has 1 saturated carbocycles. The predicted octanol–water partition coefficient (Wildman–Crippen LogP) is 0.955. The average Bonchev–Trinajstić information content (AvgIpc) is 3.10. The minimum absolute atomic E-state index is 0.0586. The molecule has 20 heavy (non-hydrogen) atoms. The van der Waals surface area contributed by atoms with E-state index in [2.05, 4.69) is 0 Å². The highest BCUT2D eigenvalue weighted by Gasteiger charge is 2.34. The zero-order valence-corrected chi connectivity index (χ0v) is 13.1. The maximum Gasteiger partial charge on any atom is 0.255 e. The minimum atomic E-state index is -3.77. The molecule has 0 bridgehead atoms. The van der Waals surface area contributed by atoms with E-state index in [1.165, 1.54) is 0 Å². The molecule has 8 heteroatoms. The number of hydrogen-bond donors (Lipinski definition) is 1. The quantitative estimate of drug-likeness (QED) is 0.846. The Morgan fingerprint density at radius 2 is 2.20 bits per heavy atom. The zero-order chi connectivity index (χ0) is 14.9. The first kappa shape index (κ1) is 15.4. The van der Waals surface area contributed by atoms with Crippen LogP contribution < -0.4 is 5.14 Å². The maximum atomic E-state index is 12.5. The Hall–Kier alpha value is -0.960. The summed E-state index contributed by atoms with van der Waals surface area (Å²) in [6.07, 6.45) is 1.97. The molecule has 1 aromatic heterocycles. The molecular weight excluding hydrogens is 300 g/mol. The molecule has 1 heterocycles. The summed E-state index contributed by atoms with van der Waals surface area (Å²) in [7, 11) is -2.18. The van der Waals surface area contributed by atoms with Crippen molar-refractivity contribution in [1.82, 2.24) is 4.90 Å². The van der Waals surface area contributed by atoms with Crippen LogP contribution in [0.1, 0.15) is 28.8 Å². The second kappa shape index (κ2) is 5.80. The molecule has 2 N–H and O–H groups in total. The third kappa shape index (κ3) is 3.20. The van der Waals surface area contributed by atoms with Crippen LogP contribution in [-0.2, 0) is 14.8 Å². The molecule has 2 rings (SSSR count). The summed E-state index contributed by atoms with van der Waals surface area (Å²) >= 11 is 0.993. The zero-order valence-electron chi connectivity index (χ0n) is 11.5. The smallest absolute Gasteiger partial charge is 0.255 e. The van der Waals surface area contributed by atoms with E-state index in [0.717, 1.165) is 24.2 Å². The van der Waals surface area contributed by atoms with Gasteiger partial charge < -0.3 is 9.64 Å². The third-order valence-corrected chi connectivity index (χ3v) is 5.95. The van der Waals surface area contributed by atoms with Crippen LogP contribution in [0.3, 0.4) is 0 Å². The number of thiophene rings is 1. The van der Waals surface area contributed by atoms with Gasteiger partial charge in [-0.05, 0) is 25.3 Å². The van der Waals surface area contributed by atoms with Crippen molar-refractivity contribution in [1.29, 1.82) is 0 Å². The van der Waals surface area contributed by atoms with Gasteiger partial charge >= 0.3 is 0 Å². The normalized spacial score (nSPS) is 15.3. The Kier molecular flexibility index (Phi) is 4.48. The molecule has 0 spiro atoms. The molecule has 1 aliphatic carbocycles. The van der Waals surface area contributed by atoms with Gasteiger partial charge in [-0.3, -0.25) is 4.79 Å². The monoisotopic (exact) mass is 318 g/mol. The first-order valence-electron chi connectivity index (χ1n) is 6.27. The second-order valence-corrected chi connectivity index (χ2v) is 7.47. The third-order valence-electron chi connectivity index (χ3n) is 3.27. The van der Waals surface area contributed by atoms with Crippen LogP contribution in [0.2, 0.25) is 0 Å². The van der Waals surface area contributed by atoms with Gasteiger partial charge in [-0.25, -0.2) is 13.6 Å². The van der Waals surface area contributed by atoms with Crippen LogP contribution in [0.4, 0.5) is 0 Å². The lowest BCUT2D eigenvalue weighted by molar-refractivity contribution is 0.0680. The molecule has 6 nitrogen and oxygen atoms in total. The van der Waals surface area contributed by atoms with Gasteiger partial charge in [-0.15, -0.1) is 11.3 Å². The van der Waals surface area contributed by atoms with Gasteiger partial charge in [0.2, 0.25) is 10.0 Å². The molecule has 1 fully saturated rings. The van der Waals surface area contributed by atoms with Crippen LogP contribution in [0.15, 0.2) is 9.59 Å². The lowest BCUT2D eigenvalue weighted by Crippen LogP contribution is -2.36. The van der Waals surface area contributed by atoms with Crippen molar-refractivity contribution in [2.75, 3.05) is 20.3 Å². The largest absolute Gasteiger partial charge is 0.383 e. The van der Waals surface area contributed by atoms with Crippen LogP contribution in [-0.4, -0.2) is 45.5 Å². The van der Waals surface area contributed by atoms with E-state index in [-0.39, 0.29) is 16.2 Å². The summed E-state index contributed by atoms with van der Waals surface area (Å²) in [5, 5.41) is 6.71. The highest BCUT2D eigenvalue weighted by Crippen LogP contribution is 2.31. The number of amides is 1. The number of ether oxygens (including phenoxy) is 1. The Balaban J connectivity index is 2.26. The Morgan fingerprint density at radius 3 is 2.65 bits per heavy atom. The van der Waals surface area contributed by atoms with Gasteiger partial charge in [0.05, 0.1) is 12.2 Å². The van der Waals surface area contributed by atoms with Crippen molar-refractivity contribution in [3.63, 3.8) is 0 Å². The van der Waals surface area contributed by atoms with Crippen LogP contribution in [0, 0.1) is 6.92 Å². The topological polar surface area (TPSA) is 89.7 Å². The number of nitrogens with two attached hydrogens (primary N) is 1. The van der Waals surface area contributed by atoms with E-state index in [1.807, 2.05) is 0 Å². The predicted molar refractivity (Wildman–Crippen MR) is 76.4 cm³/mol. The van der Waals surface area contributed by atoms with E-state index in [1.54, 1.807) is 24.3 Å². The Bertz CT molecular complexity index is 605. The van der Waals surface area contributed by atoms with E-state index < -0.39 is 10.0 Å². The molecule has 0 saturated heterocycles. The molecule has 0 radical (unpaired) electrons. The van der Waals surface area contributed by atoms with Gasteiger partial charge in [-0.1, -0.05) is 0 Å². The Morgan fingerprint density at radius 1 is 1.55 bits per heavy atom. The minimum Gasteiger partial charge on any atom is -0.383 e. The van der Waals surface area contributed by atoms with E-state index in [4.69, 9.17) is 9.88 Å². The lowest BCUT2D eigenvalue weighted by atomic mass is 10.2. The number of carbonyl (C=O) groups excluding carboxylic acids is 1. The lowest BCUT2D eigenvalue weighted by Gasteiger charge is -2.22. The van der Waals surface area contributed by atoms with Gasteiger partial charge in [0, 0.05) is 25.1 Å². The molecule has 0 aliphatic heterocycles. The van der Waals surface area contributed by atoms with E-state index >= 15 is 0 Å². The van der Waals surface area contributed by atoms with E-state index in [9.17, 15) is 13.2 Å². The SMILES string of the molecule is COCCN(C(=O)c1csc(S(N)(=O)=O)c1C)C1CC1.